The van der Waals surface area contributed by atoms with E-state index < -0.39 is 23.6 Å². The topological polar surface area (TPSA) is 78.9 Å². The van der Waals surface area contributed by atoms with Crippen LogP contribution in [0.1, 0.15) is 29.9 Å². The smallest absolute Gasteiger partial charge is 0.348 e. The summed E-state index contributed by atoms with van der Waals surface area (Å²) in [7, 11) is 0. The van der Waals surface area contributed by atoms with Gasteiger partial charge >= 0.3 is 11.6 Å². The van der Waals surface area contributed by atoms with Gasteiger partial charge in [0.1, 0.15) is 28.8 Å². The molecule has 2 atom stereocenters. The van der Waals surface area contributed by atoms with E-state index in [1.165, 1.54) is 0 Å². The maximum atomic E-state index is 12.6. The Hall–Kier alpha value is -3.02. The Morgan fingerprint density at radius 1 is 1.16 bits per heavy atom. The van der Waals surface area contributed by atoms with Crippen LogP contribution in [0.25, 0.3) is 11.0 Å². The van der Waals surface area contributed by atoms with Crippen LogP contribution >= 0.6 is 0 Å². The molecule has 0 N–H and O–H groups in total. The molecule has 2 aromatic heterocycles. The first-order valence-corrected chi connectivity index (χ1v) is 8.05. The van der Waals surface area contributed by atoms with Crippen molar-refractivity contribution < 1.29 is 23.1 Å². The van der Waals surface area contributed by atoms with E-state index in [1.807, 2.05) is 6.07 Å². The van der Waals surface area contributed by atoms with Crippen LogP contribution in [0.2, 0.25) is 0 Å². The lowest BCUT2D eigenvalue weighted by molar-refractivity contribution is -0.151. The van der Waals surface area contributed by atoms with Gasteiger partial charge in [0, 0.05) is 0 Å². The van der Waals surface area contributed by atoms with Crippen LogP contribution in [-0.2, 0) is 9.53 Å². The predicted octanol–water partition coefficient (Wildman–Crippen LogP) is 3.15. The molecule has 1 aliphatic rings. The second kappa shape index (κ2) is 5.81. The van der Waals surface area contributed by atoms with Gasteiger partial charge in [-0.05, 0) is 38.1 Å². The lowest BCUT2D eigenvalue weighted by Gasteiger charge is -2.15. The molecular weight excluding hydrogens is 324 g/mol. The zero-order chi connectivity index (χ0) is 17.6. The summed E-state index contributed by atoms with van der Waals surface area (Å²) >= 11 is 0. The predicted molar refractivity (Wildman–Crippen MR) is 88.8 cm³/mol. The first-order chi connectivity index (χ1) is 12.1. The van der Waals surface area contributed by atoms with Crippen LogP contribution in [0.4, 0.5) is 0 Å². The number of hydrogen-bond donors (Lipinski definition) is 0. The third kappa shape index (κ3) is 2.41. The third-order valence-electron chi connectivity index (χ3n) is 4.24. The van der Waals surface area contributed by atoms with E-state index in [4.69, 9.17) is 18.3 Å². The molecule has 0 fully saturated rings. The number of hydrogen-bond acceptors (Lipinski definition) is 6. The molecule has 0 aliphatic carbocycles. The van der Waals surface area contributed by atoms with Crippen molar-refractivity contribution in [2.24, 2.45) is 0 Å². The molecule has 0 bridgehead atoms. The number of esters is 1. The van der Waals surface area contributed by atoms with Gasteiger partial charge in [0.05, 0.1) is 17.6 Å². The molecule has 0 amide bonds. The molecule has 6 nitrogen and oxygen atoms in total. The first kappa shape index (κ1) is 15.5. The number of fused-ring (bicyclic) bond motifs is 3. The SMILES string of the molecule is CCOC(=O)[C@@H]1Oc2c(c(=O)oc3ccccc23)[C@@H]1c1ccc(C)o1. The molecule has 1 aromatic carbocycles. The van der Waals surface area contributed by atoms with E-state index in [9.17, 15) is 9.59 Å². The highest BCUT2D eigenvalue weighted by Gasteiger charge is 2.46. The monoisotopic (exact) mass is 340 g/mol. The highest BCUT2D eigenvalue weighted by molar-refractivity contribution is 5.88. The van der Waals surface area contributed by atoms with Gasteiger partial charge in [0.25, 0.3) is 0 Å². The van der Waals surface area contributed by atoms with Crippen LogP contribution in [0, 0.1) is 6.92 Å². The molecule has 0 unspecified atom stereocenters. The Morgan fingerprint density at radius 3 is 2.68 bits per heavy atom. The minimum atomic E-state index is -0.991. The Balaban J connectivity index is 1.95. The molecule has 0 radical (unpaired) electrons. The summed E-state index contributed by atoms with van der Waals surface area (Å²) in [6.45, 7) is 3.73. The summed E-state index contributed by atoms with van der Waals surface area (Å²) in [5, 5.41) is 0.636. The van der Waals surface area contributed by atoms with Gasteiger partial charge in [0.15, 0.2) is 0 Å². The fourth-order valence-electron chi connectivity index (χ4n) is 3.20. The molecule has 0 spiro atoms. The molecule has 3 aromatic rings. The number of furan rings is 1. The maximum absolute atomic E-state index is 12.6. The van der Waals surface area contributed by atoms with Crippen LogP contribution in [0.15, 0.2) is 50.0 Å². The van der Waals surface area contributed by atoms with Gasteiger partial charge in [-0.2, -0.15) is 0 Å². The lowest BCUT2D eigenvalue weighted by atomic mass is 9.93. The number of para-hydroxylation sites is 1. The van der Waals surface area contributed by atoms with Crippen molar-refractivity contribution in [2.45, 2.75) is 25.9 Å². The van der Waals surface area contributed by atoms with Crippen molar-refractivity contribution in [1.29, 1.82) is 0 Å². The number of ether oxygens (including phenoxy) is 2. The lowest BCUT2D eigenvalue weighted by Crippen LogP contribution is -2.32. The van der Waals surface area contributed by atoms with Gasteiger partial charge in [-0.1, -0.05) is 12.1 Å². The standard InChI is InChI=1S/C19H16O6/c1-3-22-19(21)17-14(13-9-8-10(2)23-13)15-16(25-17)11-6-4-5-7-12(11)24-18(15)20/h4-9,14,17H,3H2,1-2H3/t14-,17+/m0/s1. The summed E-state index contributed by atoms with van der Waals surface area (Å²) in [4.78, 5) is 25.0. The van der Waals surface area contributed by atoms with Gasteiger partial charge < -0.3 is 18.3 Å². The summed E-state index contributed by atoms with van der Waals surface area (Å²) in [6.07, 6.45) is -0.991. The van der Waals surface area contributed by atoms with Crippen molar-refractivity contribution in [3.05, 3.63) is 63.9 Å². The van der Waals surface area contributed by atoms with Crippen LogP contribution in [-0.4, -0.2) is 18.7 Å². The number of aryl methyl sites for hydroxylation is 1. The summed E-state index contributed by atoms with van der Waals surface area (Å²) in [5.74, 6) is 0.252. The zero-order valence-corrected chi connectivity index (χ0v) is 13.8. The van der Waals surface area contributed by atoms with E-state index in [2.05, 4.69) is 0 Å². The maximum Gasteiger partial charge on any atom is 0.348 e. The number of carbonyl (C=O) groups excluding carboxylic acids is 1. The Bertz CT molecular complexity index is 1010. The molecule has 1 aliphatic heterocycles. The Labute approximate surface area is 143 Å². The second-order valence-electron chi connectivity index (χ2n) is 5.85. The van der Waals surface area contributed by atoms with Gasteiger partial charge in [-0.25, -0.2) is 9.59 Å². The minimum Gasteiger partial charge on any atom is -0.476 e. The molecule has 25 heavy (non-hydrogen) atoms. The van der Waals surface area contributed by atoms with Crippen LogP contribution in [0.5, 0.6) is 5.75 Å². The van der Waals surface area contributed by atoms with Crippen molar-refractivity contribution >= 4 is 16.9 Å². The van der Waals surface area contributed by atoms with Gasteiger partial charge in [0.2, 0.25) is 6.10 Å². The highest BCUT2D eigenvalue weighted by Crippen LogP contribution is 2.44. The number of benzene rings is 1. The average Bonchev–Trinajstić information content (AvgIpc) is 3.19. The van der Waals surface area contributed by atoms with Crippen molar-refractivity contribution in [2.75, 3.05) is 6.61 Å². The van der Waals surface area contributed by atoms with Crippen LogP contribution in [0.3, 0.4) is 0 Å². The summed E-state index contributed by atoms with van der Waals surface area (Å²) < 4.78 is 22.1. The third-order valence-corrected chi connectivity index (χ3v) is 4.24. The van der Waals surface area contributed by atoms with Crippen molar-refractivity contribution in [3.63, 3.8) is 0 Å². The first-order valence-electron chi connectivity index (χ1n) is 8.05. The van der Waals surface area contributed by atoms with Gasteiger partial charge in [-0.15, -0.1) is 0 Å². The molecule has 6 heteroatoms. The molecule has 0 saturated carbocycles. The Morgan fingerprint density at radius 2 is 1.96 bits per heavy atom. The second-order valence-corrected chi connectivity index (χ2v) is 5.85. The molecule has 4 rings (SSSR count). The number of carbonyl (C=O) groups is 1. The van der Waals surface area contributed by atoms with Crippen molar-refractivity contribution in [3.8, 4) is 5.75 Å². The van der Waals surface area contributed by atoms with Gasteiger partial charge in [-0.3, -0.25) is 0 Å². The minimum absolute atomic E-state index is 0.217. The fraction of sp³-hybridized carbons (Fsp3) is 0.263. The summed E-state index contributed by atoms with van der Waals surface area (Å²) in [5.41, 5.74) is 0.149. The largest absolute Gasteiger partial charge is 0.476 e. The fourth-order valence-corrected chi connectivity index (χ4v) is 3.20. The van der Waals surface area contributed by atoms with E-state index in [0.717, 1.165) is 0 Å². The average molecular weight is 340 g/mol. The van der Waals surface area contributed by atoms with Crippen LogP contribution < -0.4 is 10.4 Å². The van der Waals surface area contributed by atoms with Crippen molar-refractivity contribution in [1.82, 2.24) is 0 Å². The molecule has 0 saturated heterocycles. The van der Waals surface area contributed by atoms with E-state index in [0.29, 0.717) is 28.2 Å². The number of rotatable bonds is 3. The zero-order valence-electron chi connectivity index (χ0n) is 13.8. The van der Waals surface area contributed by atoms with E-state index in [-0.39, 0.29) is 12.2 Å². The summed E-state index contributed by atoms with van der Waals surface area (Å²) in [6, 6.07) is 10.6. The molecular formula is C19H16O6. The normalized spacial score (nSPS) is 18.8. The van der Waals surface area contributed by atoms with E-state index in [1.54, 1.807) is 44.2 Å². The molecule has 3 heterocycles. The molecule has 128 valence electrons. The Kier molecular flexibility index (Phi) is 3.60. The quantitative estimate of drug-likeness (QED) is 0.538. The highest BCUT2D eigenvalue weighted by atomic mass is 16.6. The van der Waals surface area contributed by atoms with E-state index >= 15 is 0 Å².